The second-order valence-electron chi connectivity index (χ2n) is 5.20. The predicted octanol–water partition coefficient (Wildman–Crippen LogP) is 1.28. The highest BCUT2D eigenvalue weighted by molar-refractivity contribution is 7.80. The highest BCUT2D eigenvalue weighted by Crippen LogP contribution is 2.33. The Morgan fingerprint density at radius 2 is 2.16 bits per heavy atom. The molecule has 0 bridgehead atoms. The molecule has 0 spiro atoms. The highest BCUT2D eigenvalue weighted by Gasteiger charge is 2.32. The zero-order chi connectivity index (χ0) is 18.6. The second-order valence-corrected chi connectivity index (χ2v) is 5.61. The van der Waals surface area contributed by atoms with Gasteiger partial charge in [0, 0.05) is 18.9 Å². The number of benzene rings is 1. The smallest absolute Gasteiger partial charge is 0.338 e. The van der Waals surface area contributed by atoms with Crippen LogP contribution >= 0.6 is 12.2 Å². The number of nitro benzene ring substituents is 1. The lowest BCUT2D eigenvalue weighted by molar-refractivity contribution is -0.385. The summed E-state index contributed by atoms with van der Waals surface area (Å²) in [5.74, 6) is -1.06. The Morgan fingerprint density at radius 1 is 1.44 bits per heavy atom. The number of nitro groups is 1. The Kier molecular flexibility index (Phi) is 5.88. The number of nitrogens with zero attached hydrogens (tertiary/aromatic N) is 1. The number of ether oxygens (including phenoxy) is 2. The van der Waals surface area contributed by atoms with Gasteiger partial charge < -0.3 is 25.2 Å². The molecule has 10 heteroatoms. The minimum absolute atomic E-state index is 0.0685. The summed E-state index contributed by atoms with van der Waals surface area (Å²) in [5, 5.41) is 26.7. The molecule has 0 amide bonds. The lowest BCUT2D eigenvalue weighted by Crippen LogP contribution is -2.45. The van der Waals surface area contributed by atoms with Crippen molar-refractivity contribution in [3.05, 3.63) is 45.1 Å². The van der Waals surface area contributed by atoms with E-state index in [1.54, 1.807) is 6.92 Å². The van der Waals surface area contributed by atoms with Crippen LogP contribution in [0.4, 0.5) is 5.69 Å². The van der Waals surface area contributed by atoms with Gasteiger partial charge in [0.25, 0.3) is 0 Å². The molecule has 0 aromatic heterocycles. The van der Waals surface area contributed by atoms with E-state index in [9.17, 15) is 20.0 Å². The first-order chi connectivity index (χ1) is 11.8. The molecule has 1 aromatic rings. The molecule has 2 rings (SSSR count). The Morgan fingerprint density at radius 3 is 2.80 bits per heavy atom. The number of hydrogen-bond acceptors (Lipinski definition) is 7. The first-order valence-corrected chi connectivity index (χ1v) is 7.67. The van der Waals surface area contributed by atoms with Gasteiger partial charge in [-0.15, -0.1) is 0 Å². The van der Waals surface area contributed by atoms with Crippen LogP contribution in [0.2, 0.25) is 0 Å². The molecule has 1 heterocycles. The van der Waals surface area contributed by atoms with Crippen LogP contribution < -0.4 is 10.6 Å². The Balaban J connectivity index is 2.40. The molecule has 1 aliphatic rings. The summed E-state index contributed by atoms with van der Waals surface area (Å²) in [6.45, 7) is 1.97. The third kappa shape index (κ3) is 4.22. The topological polar surface area (TPSA) is 123 Å². The van der Waals surface area contributed by atoms with Crippen molar-refractivity contribution in [1.82, 2.24) is 10.6 Å². The third-order valence-electron chi connectivity index (χ3n) is 3.54. The average molecular weight is 367 g/mol. The number of esters is 1. The van der Waals surface area contributed by atoms with Crippen LogP contribution in [0.15, 0.2) is 29.5 Å². The fourth-order valence-corrected chi connectivity index (χ4v) is 2.65. The molecule has 9 nitrogen and oxygen atoms in total. The second kappa shape index (κ2) is 7.90. The van der Waals surface area contributed by atoms with E-state index in [-0.39, 0.29) is 23.9 Å². The number of phenols is 1. The van der Waals surface area contributed by atoms with E-state index in [4.69, 9.17) is 21.7 Å². The van der Waals surface area contributed by atoms with E-state index in [1.807, 2.05) is 0 Å². The summed E-state index contributed by atoms with van der Waals surface area (Å²) >= 11 is 5.10. The maximum absolute atomic E-state index is 12.4. The maximum Gasteiger partial charge on any atom is 0.338 e. The average Bonchev–Trinajstić information content (AvgIpc) is 2.54. The monoisotopic (exact) mass is 367 g/mol. The van der Waals surface area contributed by atoms with Gasteiger partial charge in [0.1, 0.15) is 6.61 Å². The number of carbonyl (C=O) groups excluding carboxylic acids is 1. The van der Waals surface area contributed by atoms with Crippen LogP contribution in [-0.2, 0) is 14.3 Å². The van der Waals surface area contributed by atoms with Gasteiger partial charge in [-0.3, -0.25) is 10.1 Å². The van der Waals surface area contributed by atoms with Gasteiger partial charge in [-0.2, -0.15) is 0 Å². The summed E-state index contributed by atoms with van der Waals surface area (Å²) < 4.78 is 9.99. The lowest BCUT2D eigenvalue weighted by atomic mass is 9.95. The van der Waals surface area contributed by atoms with Crippen LogP contribution in [0.5, 0.6) is 5.75 Å². The van der Waals surface area contributed by atoms with Crippen molar-refractivity contribution in [2.24, 2.45) is 0 Å². The predicted molar refractivity (Wildman–Crippen MR) is 91.9 cm³/mol. The van der Waals surface area contributed by atoms with Crippen LogP contribution in [0.25, 0.3) is 0 Å². The number of thiocarbonyl (C=S) groups is 1. The van der Waals surface area contributed by atoms with E-state index in [2.05, 4.69) is 10.6 Å². The number of carbonyl (C=O) groups is 1. The Labute approximate surface area is 148 Å². The SMILES string of the molecule is COCCOC(=O)C1=C(C)NC(=S)NC1c1ccc(O)c([N+](=O)[O-])c1. The molecule has 25 heavy (non-hydrogen) atoms. The van der Waals surface area contributed by atoms with E-state index in [1.165, 1.54) is 25.3 Å². The summed E-state index contributed by atoms with van der Waals surface area (Å²) in [7, 11) is 1.49. The van der Waals surface area contributed by atoms with Crippen LogP contribution in [0.1, 0.15) is 18.5 Å². The van der Waals surface area contributed by atoms with Crippen LogP contribution in [0, 0.1) is 10.1 Å². The normalized spacial score (nSPS) is 16.9. The van der Waals surface area contributed by atoms with E-state index < -0.39 is 28.4 Å². The van der Waals surface area contributed by atoms with E-state index in [0.29, 0.717) is 11.3 Å². The van der Waals surface area contributed by atoms with Crippen molar-refractivity contribution in [3.63, 3.8) is 0 Å². The fraction of sp³-hybridized carbons (Fsp3) is 0.333. The minimum atomic E-state index is -0.747. The number of allylic oxidation sites excluding steroid dienone is 1. The first kappa shape index (κ1) is 18.6. The molecule has 1 aliphatic heterocycles. The molecule has 0 saturated heterocycles. The number of rotatable bonds is 6. The number of phenolic OH excluding ortho intramolecular Hbond substituents is 1. The molecule has 1 aromatic carbocycles. The zero-order valence-corrected chi connectivity index (χ0v) is 14.4. The van der Waals surface area contributed by atoms with Crippen molar-refractivity contribution in [1.29, 1.82) is 0 Å². The molecule has 3 N–H and O–H groups in total. The fourth-order valence-electron chi connectivity index (χ4n) is 2.38. The molecule has 0 aliphatic carbocycles. The van der Waals surface area contributed by atoms with E-state index >= 15 is 0 Å². The molecule has 1 atom stereocenters. The number of nitrogens with one attached hydrogen (secondary N) is 2. The van der Waals surface area contributed by atoms with Gasteiger partial charge in [-0.05, 0) is 30.8 Å². The molecule has 134 valence electrons. The standard InChI is InChI=1S/C15H17N3O6S/c1-8-12(14(20)24-6-5-23-2)13(17-15(25)16-8)9-3-4-11(19)10(7-9)18(21)22/h3-4,7,13,19H,5-6H2,1-2H3,(H2,16,17,25). The molecule has 0 fully saturated rings. The van der Waals surface area contributed by atoms with Crippen LogP contribution in [-0.4, -0.2) is 41.4 Å². The minimum Gasteiger partial charge on any atom is -0.502 e. The molecular weight excluding hydrogens is 350 g/mol. The van der Waals surface area contributed by atoms with Crippen LogP contribution in [0.3, 0.4) is 0 Å². The molecule has 1 unspecified atom stereocenters. The van der Waals surface area contributed by atoms with Crippen molar-refractivity contribution < 1.29 is 24.3 Å². The molecule has 0 radical (unpaired) electrons. The largest absolute Gasteiger partial charge is 0.502 e. The van der Waals surface area contributed by atoms with Gasteiger partial charge in [0.15, 0.2) is 10.9 Å². The maximum atomic E-state index is 12.4. The number of hydrogen-bond donors (Lipinski definition) is 3. The lowest BCUT2D eigenvalue weighted by Gasteiger charge is -2.29. The summed E-state index contributed by atoms with van der Waals surface area (Å²) in [6.07, 6.45) is 0. The summed E-state index contributed by atoms with van der Waals surface area (Å²) in [4.78, 5) is 22.8. The quantitative estimate of drug-likeness (QED) is 0.224. The number of methoxy groups -OCH3 is 1. The van der Waals surface area contributed by atoms with Crippen molar-refractivity contribution >= 4 is 29.0 Å². The highest BCUT2D eigenvalue weighted by atomic mass is 32.1. The Bertz CT molecular complexity index is 749. The van der Waals surface area contributed by atoms with Gasteiger partial charge in [-0.1, -0.05) is 6.07 Å². The Hall–Kier alpha value is -2.72. The summed E-state index contributed by atoms with van der Waals surface area (Å²) in [5.41, 5.74) is 0.650. The van der Waals surface area contributed by atoms with Gasteiger partial charge >= 0.3 is 11.7 Å². The van der Waals surface area contributed by atoms with Crippen molar-refractivity contribution in [3.8, 4) is 5.75 Å². The van der Waals surface area contributed by atoms with E-state index in [0.717, 1.165) is 0 Å². The van der Waals surface area contributed by atoms with Gasteiger partial charge in [0.05, 0.1) is 23.1 Å². The zero-order valence-electron chi connectivity index (χ0n) is 13.6. The molecular formula is C15H17N3O6S. The van der Waals surface area contributed by atoms with Gasteiger partial charge in [-0.25, -0.2) is 4.79 Å². The molecule has 0 saturated carbocycles. The van der Waals surface area contributed by atoms with Gasteiger partial charge in [0.2, 0.25) is 0 Å². The third-order valence-corrected chi connectivity index (χ3v) is 3.76. The first-order valence-electron chi connectivity index (χ1n) is 7.26. The van der Waals surface area contributed by atoms with Crippen molar-refractivity contribution in [2.45, 2.75) is 13.0 Å². The number of aromatic hydroxyl groups is 1. The summed E-state index contributed by atoms with van der Waals surface area (Å²) in [6, 6.07) is 3.12. The van der Waals surface area contributed by atoms with Crippen molar-refractivity contribution in [2.75, 3.05) is 20.3 Å².